The van der Waals surface area contributed by atoms with E-state index in [2.05, 4.69) is 0 Å². The van der Waals surface area contributed by atoms with Crippen LogP contribution in [0.4, 0.5) is 0 Å². The molecule has 0 saturated carbocycles. The fourth-order valence-electron chi connectivity index (χ4n) is 2.06. The lowest BCUT2D eigenvalue weighted by Gasteiger charge is -2.10. The summed E-state index contributed by atoms with van der Waals surface area (Å²) in [4.78, 5) is 11.3. The van der Waals surface area contributed by atoms with Gasteiger partial charge in [-0.25, -0.2) is 4.79 Å². The number of hydrogen-bond acceptors (Lipinski definition) is 1. The highest BCUT2D eigenvalue weighted by atomic mass is 16.4. The SMILES string of the molecule is C/C(C1=CC=CC1)=C(/C(=O)O)C1=CC=CC1. The molecule has 0 spiro atoms. The number of aliphatic carboxylic acids is 1. The average Bonchev–Trinajstić information content (AvgIpc) is 2.89. The third kappa shape index (κ3) is 1.91. The molecular formula is C14H14O2. The minimum atomic E-state index is -0.833. The molecule has 0 bridgehead atoms. The van der Waals surface area contributed by atoms with Crippen LogP contribution in [0.2, 0.25) is 0 Å². The van der Waals surface area contributed by atoms with Gasteiger partial charge >= 0.3 is 5.97 Å². The minimum Gasteiger partial charge on any atom is -0.478 e. The van der Waals surface area contributed by atoms with Crippen molar-refractivity contribution in [1.82, 2.24) is 0 Å². The van der Waals surface area contributed by atoms with Gasteiger partial charge in [0.05, 0.1) is 5.57 Å². The number of rotatable bonds is 3. The average molecular weight is 214 g/mol. The molecule has 16 heavy (non-hydrogen) atoms. The summed E-state index contributed by atoms with van der Waals surface area (Å²) in [5.41, 5.74) is 3.34. The number of carboxylic acids is 1. The zero-order valence-electron chi connectivity index (χ0n) is 9.23. The molecular weight excluding hydrogens is 200 g/mol. The van der Waals surface area contributed by atoms with Gasteiger partial charge in [0.15, 0.2) is 0 Å². The van der Waals surface area contributed by atoms with Crippen LogP contribution in [-0.2, 0) is 4.79 Å². The Hall–Kier alpha value is -1.83. The first-order valence-corrected chi connectivity index (χ1v) is 5.36. The predicted octanol–water partition coefficient (Wildman–Crippen LogP) is 3.16. The van der Waals surface area contributed by atoms with Gasteiger partial charge in [0.1, 0.15) is 0 Å². The van der Waals surface area contributed by atoms with Crippen molar-refractivity contribution in [3.63, 3.8) is 0 Å². The Kier molecular flexibility index (Phi) is 2.91. The molecule has 1 N–H and O–H groups in total. The fourth-order valence-corrected chi connectivity index (χ4v) is 2.06. The molecule has 0 aromatic rings. The zero-order valence-corrected chi connectivity index (χ0v) is 9.23. The monoisotopic (exact) mass is 214 g/mol. The second-order valence-electron chi connectivity index (χ2n) is 3.95. The Balaban J connectivity index is 2.38. The van der Waals surface area contributed by atoms with Crippen molar-refractivity contribution in [3.05, 3.63) is 58.7 Å². The van der Waals surface area contributed by atoms with Gasteiger partial charge in [0.2, 0.25) is 0 Å². The Morgan fingerprint density at radius 2 is 1.69 bits per heavy atom. The summed E-state index contributed by atoms with van der Waals surface area (Å²) in [6.45, 7) is 1.89. The molecule has 0 fully saturated rings. The molecule has 82 valence electrons. The molecule has 0 atom stereocenters. The van der Waals surface area contributed by atoms with Crippen molar-refractivity contribution >= 4 is 5.97 Å². The molecule has 2 aliphatic carbocycles. The number of carbonyl (C=O) groups is 1. The summed E-state index contributed by atoms with van der Waals surface area (Å²) < 4.78 is 0. The van der Waals surface area contributed by atoms with Crippen LogP contribution < -0.4 is 0 Å². The minimum absolute atomic E-state index is 0.458. The highest BCUT2D eigenvalue weighted by Crippen LogP contribution is 2.29. The smallest absolute Gasteiger partial charge is 0.336 e. The third-order valence-corrected chi connectivity index (χ3v) is 2.93. The van der Waals surface area contributed by atoms with E-state index in [1.54, 1.807) is 0 Å². The summed E-state index contributed by atoms with van der Waals surface area (Å²) in [5.74, 6) is -0.833. The van der Waals surface area contributed by atoms with Gasteiger partial charge in [-0.2, -0.15) is 0 Å². The van der Waals surface area contributed by atoms with Crippen molar-refractivity contribution < 1.29 is 9.90 Å². The molecule has 0 amide bonds. The van der Waals surface area contributed by atoms with Crippen LogP contribution in [0.5, 0.6) is 0 Å². The van der Waals surface area contributed by atoms with Crippen molar-refractivity contribution in [2.24, 2.45) is 0 Å². The van der Waals surface area contributed by atoms with Crippen LogP contribution in [0.25, 0.3) is 0 Å². The molecule has 2 aliphatic rings. The lowest BCUT2D eigenvalue weighted by atomic mass is 9.94. The standard InChI is InChI=1S/C14H14O2/c1-10(11-6-2-3-7-11)13(14(15)16)12-8-4-5-9-12/h2-6,8H,7,9H2,1H3,(H,15,16)/b13-10-. The Bertz CT molecular complexity index is 471. The molecule has 0 saturated heterocycles. The zero-order chi connectivity index (χ0) is 11.5. The highest BCUT2D eigenvalue weighted by Gasteiger charge is 2.19. The molecule has 2 nitrogen and oxygen atoms in total. The van der Waals surface area contributed by atoms with E-state index >= 15 is 0 Å². The maximum absolute atomic E-state index is 11.3. The van der Waals surface area contributed by atoms with Gasteiger partial charge in [-0.15, -0.1) is 0 Å². The van der Waals surface area contributed by atoms with E-state index in [4.69, 9.17) is 0 Å². The maximum atomic E-state index is 11.3. The van der Waals surface area contributed by atoms with Crippen molar-refractivity contribution in [2.75, 3.05) is 0 Å². The first-order chi connectivity index (χ1) is 7.70. The molecule has 0 aromatic heterocycles. The van der Waals surface area contributed by atoms with Gasteiger partial charge in [0.25, 0.3) is 0 Å². The lowest BCUT2D eigenvalue weighted by molar-refractivity contribution is -0.132. The van der Waals surface area contributed by atoms with E-state index in [9.17, 15) is 9.90 Å². The van der Waals surface area contributed by atoms with Gasteiger partial charge in [-0.3, -0.25) is 0 Å². The van der Waals surface area contributed by atoms with Crippen molar-refractivity contribution in [3.8, 4) is 0 Å². The molecule has 0 radical (unpaired) electrons. The summed E-state index contributed by atoms with van der Waals surface area (Å²) in [5, 5.41) is 9.29. The van der Waals surface area contributed by atoms with E-state index in [1.165, 1.54) is 0 Å². The Morgan fingerprint density at radius 1 is 1.12 bits per heavy atom. The molecule has 2 rings (SSSR count). The predicted molar refractivity (Wildman–Crippen MR) is 64.0 cm³/mol. The number of hydrogen-bond donors (Lipinski definition) is 1. The topological polar surface area (TPSA) is 37.3 Å². The van der Waals surface area contributed by atoms with Crippen molar-refractivity contribution in [2.45, 2.75) is 19.8 Å². The van der Waals surface area contributed by atoms with E-state index < -0.39 is 5.97 Å². The molecule has 0 heterocycles. The lowest BCUT2D eigenvalue weighted by Crippen LogP contribution is -2.06. The van der Waals surface area contributed by atoms with E-state index in [0.29, 0.717) is 5.57 Å². The quantitative estimate of drug-likeness (QED) is 0.733. The number of allylic oxidation sites excluding steroid dienone is 8. The third-order valence-electron chi connectivity index (χ3n) is 2.93. The second-order valence-corrected chi connectivity index (χ2v) is 3.95. The summed E-state index contributed by atoms with van der Waals surface area (Å²) in [7, 11) is 0. The summed E-state index contributed by atoms with van der Waals surface area (Å²) in [6.07, 6.45) is 13.3. The van der Waals surface area contributed by atoms with Gasteiger partial charge in [-0.05, 0) is 36.5 Å². The molecule has 0 aliphatic heterocycles. The Morgan fingerprint density at radius 3 is 2.12 bits per heavy atom. The van der Waals surface area contributed by atoms with E-state index in [-0.39, 0.29) is 0 Å². The van der Waals surface area contributed by atoms with Crippen LogP contribution in [0.1, 0.15) is 19.8 Å². The number of carboxylic acid groups (broad SMARTS) is 1. The van der Waals surface area contributed by atoms with Gasteiger partial charge in [0, 0.05) is 0 Å². The molecule has 0 aromatic carbocycles. The van der Waals surface area contributed by atoms with Crippen LogP contribution in [0.15, 0.2) is 58.7 Å². The summed E-state index contributed by atoms with van der Waals surface area (Å²) in [6, 6.07) is 0. The van der Waals surface area contributed by atoms with E-state index in [1.807, 2.05) is 43.4 Å². The summed E-state index contributed by atoms with van der Waals surface area (Å²) >= 11 is 0. The first kappa shape index (κ1) is 10.7. The van der Waals surface area contributed by atoms with Crippen molar-refractivity contribution in [1.29, 1.82) is 0 Å². The molecule has 0 unspecified atom stereocenters. The van der Waals surface area contributed by atoms with Gasteiger partial charge in [-0.1, -0.05) is 36.5 Å². The Labute approximate surface area is 95.0 Å². The largest absolute Gasteiger partial charge is 0.478 e. The fraction of sp³-hybridized carbons (Fsp3) is 0.214. The van der Waals surface area contributed by atoms with Crippen LogP contribution in [0, 0.1) is 0 Å². The van der Waals surface area contributed by atoms with Crippen LogP contribution in [-0.4, -0.2) is 11.1 Å². The highest BCUT2D eigenvalue weighted by molar-refractivity contribution is 5.94. The van der Waals surface area contributed by atoms with Crippen LogP contribution in [0.3, 0.4) is 0 Å². The first-order valence-electron chi connectivity index (χ1n) is 5.36. The normalized spacial score (nSPS) is 19.6. The maximum Gasteiger partial charge on any atom is 0.336 e. The van der Waals surface area contributed by atoms with E-state index in [0.717, 1.165) is 29.6 Å². The second kappa shape index (κ2) is 4.35. The molecule has 2 heteroatoms. The van der Waals surface area contributed by atoms with Crippen LogP contribution >= 0.6 is 0 Å². The van der Waals surface area contributed by atoms with Gasteiger partial charge < -0.3 is 5.11 Å².